The van der Waals surface area contributed by atoms with E-state index in [4.69, 9.17) is 25.8 Å². The number of methoxy groups -OCH3 is 1. The number of hydrogen-bond acceptors (Lipinski definition) is 3. The molecule has 0 saturated heterocycles. The van der Waals surface area contributed by atoms with Gasteiger partial charge < -0.3 is 14.2 Å². The van der Waals surface area contributed by atoms with Gasteiger partial charge in [0.15, 0.2) is 23.0 Å². The second-order valence-electron chi connectivity index (χ2n) is 3.58. The van der Waals surface area contributed by atoms with E-state index in [1.807, 2.05) is 24.3 Å². The Hall–Kier alpha value is -1.87. The summed E-state index contributed by atoms with van der Waals surface area (Å²) in [5, 5.41) is 0.495. The van der Waals surface area contributed by atoms with Crippen molar-refractivity contribution < 1.29 is 14.2 Å². The second-order valence-corrected chi connectivity index (χ2v) is 3.99. The number of para-hydroxylation sites is 2. The Labute approximate surface area is 103 Å². The lowest BCUT2D eigenvalue weighted by molar-refractivity contribution is 0.353. The van der Waals surface area contributed by atoms with Crippen LogP contribution in [-0.4, -0.2) is 7.11 Å². The standard InChI is InChI=1S/C13H9ClO3/c1-15-11-7-13-12(6-8(11)14)16-9-4-2-3-5-10(9)17-13/h2-7H,1H3. The number of rotatable bonds is 1. The van der Waals surface area contributed by atoms with Gasteiger partial charge in [0.25, 0.3) is 0 Å². The first kappa shape index (κ1) is 10.3. The largest absolute Gasteiger partial charge is 0.495 e. The molecule has 2 aromatic carbocycles. The molecule has 0 fully saturated rings. The van der Waals surface area contributed by atoms with Gasteiger partial charge in [0, 0.05) is 12.1 Å². The van der Waals surface area contributed by atoms with Crippen molar-refractivity contribution in [1.29, 1.82) is 0 Å². The van der Waals surface area contributed by atoms with Gasteiger partial charge in [-0.25, -0.2) is 0 Å². The molecule has 0 aliphatic carbocycles. The quantitative estimate of drug-likeness (QED) is 0.644. The molecule has 86 valence electrons. The van der Waals surface area contributed by atoms with Crippen LogP contribution in [0.15, 0.2) is 36.4 Å². The third-order valence-corrected chi connectivity index (χ3v) is 2.80. The molecule has 0 aromatic heterocycles. The maximum absolute atomic E-state index is 6.03. The first-order valence-corrected chi connectivity index (χ1v) is 5.48. The zero-order valence-corrected chi connectivity index (χ0v) is 9.82. The number of hydrogen-bond donors (Lipinski definition) is 0. The van der Waals surface area contributed by atoms with E-state index in [1.54, 1.807) is 19.2 Å². The van der Waals surface area contributed by atoms with Crippen molar-refractivity contribution in [3.63, 3.8) is 0 Å². The van der Waals surface area contributed by atoms with Crippen molar-refractivity contribution >= 4 is 11.6 Å². The fourth-order valence-corrected chi connectivity index (χ4v) is 1.92. The lowest BCUT2D eigenvalue weighted by Crippen LogP contribution is -1.99. The molecule has 0 spiro atoms. The Morgan fingerprint density at radius 1 is 0.941 bits per heavy atom. The van der Waals surface area contributed by atoms with Crippen LogP contribution in [0.4, 0.5) is 0 Å². The Bertz CT molecular complexity index is 581. The molecule has 1 aliphatic rings. The van der Waals surface area contributed by atoms with Gasteiger partial charge >= 0.3 is 0 Å². The number of fused-ring (bicyclic) bond motifs is 2. The van der Waals surface area contributed by atoms with Gasteiger partial charge in [0.05, 0.1) is 12.1 Å². The van der Waals surface area contributed by atoms with E-state index in [0.29, 0.717) is 33.8 Å². The molecule has 0 bridgehead atoms. The van der Waals surface area contributed by atoms with Crippen LogP contribution < -0.4 is 14.2 Å². The maximum Gasteiger partial charge on any atom is 0.173 e. The Balaban J connectivity index is 2.09. The van der Waals surface area contributed by atoms with Crippen LogP contribution in [0.5, 0.6) is 28.7 Å². The molecule has 2 aromatic rings. The average Bonchev–Trinajstić information content (AvgIpc) is 2.35. The molecular formula is C13H9ClO3. The van der Waals surface area contributed by atoms with Crippen LogP contribution in [0.25, 0.3) is 0 Å². The van der Waals surface area contributed by atoms with E-state index < -0.39 is 0 Å². The zero-order chi connectivity index (χ0) is 11.8. The van der Waals surface area contributed by atoms with Gasteiger partial charge in [-0.2, -0.15) is 0 Å². The molecule has 1 heterocycles. The smallest absolute Gasteiger partial charge is 0.173 e. The molecule has 4 heteroatoms. The summed E-state index contributed by atoms with van der Waals surface area (Å²) in [5.74, 6) is 3.12. The molecule has 0 unspecified atom stereocenters. The van der Waals surface area contributed by atoms with Crippen molar-refractivity contribution in [3.05, 3.63) is 41.4 Å². The van der Waals surface area contributed by atoms with Crippen LogP contribution in [0.3, 0.4) is 0 Å². The van der Waals surface area contributed by atoms with Crippen molar-refractivity contribution in [2.45, 2.75) is 0 Å². The Morgan fingerprint density at radius 2 is 1.53 bits per heavy atom. The molecule has 17 heavy (non-hydrogen) atoms. The van der Waals surface area contributed by atoms with Crippen LogP contribution in [0.1, 0.15) is 0 Å². The SMILES string of the molecule is COc1cc2c(cc1Cl)Oc1ccccc1O2. The van der Waals surface area contributed by atoms with Gasteiger partial charge in [-0.15, -0.1) is 0 Å². The average molecular weight is 249 g/mol. The van der Waals surface area contributed by atoms with Crippen LogP contribution in [-0.2, 0) is 0 Å². The fraction of sp³-hybridized carbons (Fsp3) is 0.0769. The van der Waals surface area contributed by atoms with Crippen LogP contribution in [0, 0.1) is 0 Å². The van der Waals surface area contributed by atoms with Gasteiger partial charge in [0.1, 0.15) is 5.75 Å². The molecule has 1 aliphatic heterocycles. The topological polar surface area (TPSA) is 27.7 Å². The fourth-order valence-electron chi connectivity index (χ4n) is 1.69. The second kappa shape index (κ2) is 3.86. The predicted octanol–water partition coefficient (Wildman–Crippen LogP) is 4.25. The molecule has 0 atom stereocenters. The van der Waals surface area contributed by atoms with Gasteiger partial charge in [-0.05, 0) is 12.1 Å². The van der Waals surface area contributed by atoms with Crippen LogP contribution >= 0.6 is 11.6 Å². The molecule has 0 saturated carbocycles. The highest BCUT2D eigenvalue weighted by Gasteiger charge is 2.20. The summed E-state index contributed by atoms with van der Waals surface area (Å²) in [5.41, 5.74) is 0. The summed E-state index contributed by atoms with van der Waals surface area (Å²) in [4.78, 5) is 0. The summed E-state index contributed by atoms with van der Waals surface area (Å²) in [6.07, 6.45) is 0. The Morgan fingerprint density at radius 3 is 2.12 bits per heavy atom. The maximum atomic E-state index is 6.03. The zero-order valence-electron chi connectivity index (χ0n) is 9.07. The first-order chi connectivity index (χ1) is 8.28. The van der Waals surface area contributed by atoms with Gasteiger partial charge in [0.2, 0.25) is 0 Å². The van der Waals surface area contributed by atoms with E-state index in [1.165, 1.54) is 0 Å². The summed E-state index contributed by atoms with van der Waals surface area (Å²) >= 11 is 6.03. The monoisotopic (exact) mass is 248 g/mol. The molecule has 0 N–H and O–H groups in total. The predicted molar refractivity (Wildman–Crippen MR) is 64.6 cm³/mol. The van der Waals surface area contributed by atoms with Crippen molar-refractivity contribution in [2.24, 2.45) is 0 Å². The highest BCUT2D eigenvalue weighted by molar-refractivity contribution is 6.32. The van der Waals surface area contributed by atoms with Crippen molar-refractivity contribution in [1.82, 2.24) is 0 Å². The molecule has 0 radical (unpaired) electrons. The highest BCUT2D eigenvalue weighted by Crippen LogP contribution is 2.48. The summed E-state index contributed by atoms with van der Waals surface area (Å²) in [6.45, 7) is 0. The third kappa shape index (κ3) is 1.68. The first-order valence-electron chi connectivity index (χ1n) is 5.10. The van der Waals surface area contributed by atoms with Crippen molar-refractivity contribution in [2.75, 3.05) is 7.11 Å². The summed E-state index contributed by atoms with van der Waals surface area (Å²) in [6, 6.07) is 10.9. The van der Waals surface area contributed by atoms with E-state index in [2.05, 4.69) is 0 Å². The Kier molecular flexibility index (Phi) is 2.34. The highest BCUT2D eigenvalue weighted by atomic mass is 35.5. The van der Waals surface area contributed by atoms with E-state index in [0.717, 1.165) is 0 Å². The molecule has 3 nitrogen and oxygen atoms in total. The van der Waals surface area contributed by atoms with E-state index in [9.17, 15) is 0 Å². The molecule has 3 rings (SSSR count). The lowest BCUT2D eigenvalue weighted by atomic mass is 10.2. The van der Waals surface area contributed by atoms with Gasteiger partial charge in [-0.3, -0.25) is 0 Å². The van der Waals surface area contributed by atoms with Gasteiger partial charge in [-0.1, -0.05) is 23.7 Å². The molecular weight excluding hydrogens is 240 g/mol. The van der Waals surface area contributed by atoms with Crippen LogP contribution in [0.2, 0.25) is 5.02 Å². The number of halogens is 1. The number of ether oxygens (including phenoxy) is 3. The van der Waals surface area contributed by atoms with E-state index in [-0.39, 0.29) is 0 Å². The summed E-state index contributed by atoms with van der Waals surface area (Å²) in [7, 11) is 1.56. The lowest BCUT2D eigenvalue weighted by Gasteiger charge is -2.21. The molecule has 0 amide bonds. The van der Waals surface area contributed by atoms with E-state index >= 15 is 0 Å². The minimum atomic E-state index is 0.495. The minimum absolute atomic E-state index is 0.495. The summed E-state index contributed by atoms with van der Waals surface area (Å²) < 4.78 is 16.5. The third-order valence-electron chi connectivity index (χ3n) is 2.51. The minimum Gasteiger partial charge on any atom is -0.495 e. The normalized spacial score (nSPS) is 11.9. The number of benzene rings is 2. The van der Waals surface area contributed by atoms with Crippen molar-refractivity contribution in [3.8, 4) is 28.7 Å².